The molecule has 0 aliphatic carbocycles. The molecule has 3 aromatic heterocycles. The summed E-state index contributed by atoms with van der Waals surface area (Å²) in [6.45, 7) is 4.46. The molecule has 0 bridgehead atoms. The first-order valence-corrected chi connectivity index (χ1v) is 12.1. The fourth-order valence-corrected chi connectivity index (χ4v) is 4.14. The summed E-state index contributed by atoms with van der Waals surface area (Å²) < 4.78 is 7.93. The largest absolute Gasteiger partial charge is 0.494 e. The Morgan fingerprint density at radius 1 is 1.00 bits per heavy atom. The van der Waals surface area contributed by atoms with Gasteiger partial charge in [-0.05, 0) is 61.7 Å². The smallest absolute Gasteiger partial charge is 0.267 e. The summed E-state index contributed by atoms with van der Waals surface area (Å²) in [5, 5.41) is 13.5. The van der Waals surface area contributed by atoms with Gasteiger partial charge in [-0.3, -0.25) is 14.4 Å². The van der Waals surface area contributed by atoms with Crippen molar-refractivity contribution in [1.82, 2.24) is 24.9 Å². The van der Waals surface area contributed by atoms with Crippen molar-refractivity contribution in [3.05, 3.63) is 86.8 Å². The third-order valence-corrected chi connectivity index (χ3v) is 6.19. The van der Waals surface area contributed by atoms with Crippen molar-refractivity contribution in [2.45, 2.75) is 26.4 Å². The summed E-state index contributed by atoms with van der Waals surface area (Å²) in [4.78, 5) is 38.2. The van der Waals surface area contributed by atoms with Crippen LogP contribution < -0.4 is 21.2 Å². The van der Waals surface area contributed by atoms with Crippen LogP contribution in [0.2, 0.25) is 0 Å². The molecule has 3 heterocycles. The summed E-state index contributed by atoms with van der Waals surface area (Å²) in [7, 11) is 0. The highest BCUT2D eigenvalue weighted by atomic mass is 32.1. The first-order chi connectivity index (χ1) is 17.0. The van der Waals surface area contributed by atoms with Crippen LogP contribution in [0.1, 0.15) is 19.9 Å². The molecule has 0 fully saturated rings. The molecule has 1 unspecified atom stereocenters. The van der Waals surface area contributed by atoms with E-state index < -0.39 is 6.04 Å². The van der Waals surface area contributed by atoms with Crippen LogP contribution in [0.25, 0.3) is 21.8 Å². The van der Waals surface area contributed by atoms with Crippen molar-refractivity contribution in [3.63, 3.8) is 0 Å². The third kappa shape index (κ3) is 5.72. The molecule has 1 N–H and O–H groups in total. The normalized spacial score (nSPS) is 11.7. The molecule has 4 rings (SSSR count). The second kappa shape index (κ2) is 10.9. The number of carbonyl (C=O) groups excluding carboxylic acids is 1. The van der Waals surface area contributed by atoms with Crippen molar-refractivity contribution in [2.75, 3.05) is 13.2 Å². The number of nitrogens with one attached hydrogen (secondary N) is 1. The molecule has 0 aliphatic heterocycles. The second-order valence-electron chi connectivity index (χ2n) is 7.68. The number of hydrogen-bond donors (Lipinski definition) is 1. The van der Waals surface area contributed by atoms with E-state index in [2.05, 4.69) is 15.5 Å². The van der Waals surface area contributed by atoms with Crippen LogP contribution in [-0.2, 0) is 11.3 Å². The van der Waals surface area contributed by atoms with Gasteiger partial charge in [-0.15, -0.1) is 11.3 Å². The minimum Gasteiger partial charge on any atom is -0.494 e. The summed E-state index contributed by atoms with van der Waals surface area (Å²) in [6, 6.07) is 16.6. The number of thiophene rings is 1. The lowest BCUT2D eigenvalue weighted by atomic mass is 10.1. The van der Waals surface area contributed by atoms with Crippen LogP contribution >= 0.6 is 11.3 Å². The Balaban J connectivity index is 1.41. The van der Waals surface area contributed by atoms with E-state index in [4.69, 9.17) is 4.74 Å². The van der Waals surface area contributed by atoms with Crippen molar-refractivity contribution < 1.29 is 9.53 Å². The van der Waals surface area contributed by atoms with Gasteiger partial charge in [0.2, 0.25) is 5.91 Å². The van der Waals surface area contributed by atoms with Gasteiger partial charge in [-0.25, -0.2) is 9.36 Å². The number of rotatable bonds is 9. The maximum absolute atomic E-state index is 12.7. The summed E-state index contributed by atoms with van der Waals surface area (Å²) in [6.07, 6.45) is 0. The zero-order valence-corrected chi connectivity index (χ0v) is 20.2. The number of ether oxygens (including phenoxy) is 1. The fourth-order valence-electron chi connectivity index (χ4n) is 3.45. The van der Waals surface area contributed by atoms with Gasteiger partial charge < -0.3 is 10.1 Å². The first-order valence-electron chi connectivity index (χ1n) is 11.2. The lowest BCUT2D eigenvalue weighted by molar-refractivity contribution is -0.124. The van der Waals surface area contributed by atoms with E-state index in [1.807, 2.05) is 48.7 Å². The molecular weight excluding hydrogens is 466 g/mol. The zero-order valence-electron chi connectivity index (χ0n) is 19.4. The molecule has 0 radical (unpaired) electrons. The predicted octanol–water partition coefficient (Wildman–Crippen LogP) is 2.97. The highest BCUT2D eigenvalue weighted by Gasteiger charge is 2.18. The standard InChI is InChI=1S/C25H25N5O4S/c1-3-34-19-8-6-18(7-9-19)20-10-12-23(31)29(27-20)15-14-26-25(33)17(2)30-24(32)13-11-21(28-30)22-5-4-16-35-22/h4-13,16-17H,3,14-15H2,1-2H3,(H,26,33). The van der Waals surface area contributed by atoms with Gasteiger partial charge in [0.05, 0.1) is 23.7 Å². The first kappa shape index (κ1) is 24.1. The maximum Gasteiger partial charge on any atom is 0.267 e. The molecule has 10 heteroatoms. The number of amides is 1. The minimum atomic E-state index is -0.817. The fraction of sp³-hybridized carbons (Fsp3) is 0.240. The van der Waals surface area contributed by atoms with Gasteiger partial charge in [0, 0.05) is 24.2 Å². The van der Waals surface area contributed by atoms with Crippen molar-refractivity contribution in [3.8, 4) is 27.6 Å². The van der Waals surface area contributed by atoms with Gasteiger partial charge in [0.1, 0.15) is 17.5 Å². The average Bonchev–Trinajstić information content (AvgIpc) is 3.41. The Hall–Kier alpha value is -4.05. The molecule has 1 atom stereocenters. The molecule has 0 saturated carbocycles. The van der Waals surface area contributed by atoms with Crippen molar-refractivity contribution in [2.24, 2.45) is 0 Å². The predicted molar refractivity (Wildman–Crippen MR) is 135 cm³/mol. The minimum absolute atomic E-state index is 0.169. The quantitative estimate of drug-likeness (QED) is 0.386. The molecule has 1 aromatic carbocycles. The topological polar surface area (TPSA) is 108 Å². The highest BCUT2D eigenvalue weighted by molar-refractivity contribution is 7.13. The van der Waals surface area contributed by atoms with E-state index in [0.717, 1.165) is 16.2 Å². The summed E-state index contributed by atoms with van der Waals surface area (Å²) in [5.41, 5.74) is 1.46. The number of carbonyl (C=O) groups is 1. The molecule has 0 aliphatic rings. The molecule has 1 amide bonds. The lowest BCUT2D eigenvalue weighted by Gasteiger charge is -2.15. The average molecular weight is 492 g/mol. The van der Waals surface area contributed by atoms with E-state index in [1.54, 1.807) is 19.1 Å². The molecular formula is C25H25N5O4S. The summed E-state index contributed by atoms with van der Waals surface area (Å²) in [5.74, 6) is 0.384. The van der Waals surface area contributed by atoms with Crippen LogP contribution in [0.3, 0.4) is 0 Å². The van der Waals surface area contributed by atoms with Crippen LogP contribution in [0.15, 0.2) is 75.6 Å². The van der Waals surface area contributed by atoms with E-state index in [9.17, 15) is 14.4 Å². The van der Waals surface area contributed by atoms with Gasteiger partial charge in [-0.1, -0.05) is 6.07 Å². The molecule has 0 spiro atoms. The lowest BCUT2D eigenvalue weighted by Crippen LogP contribution is -2.39. The zero-order chi connectivity index (χ0) is 24.8. The Morgan fingerprint density at radius 3 is 2.46 bits per heavy atom. The van der Waals surface area contributed by atoms with Gasteiger partial charge in [0.15, 0.2) is 0 Å². The Kier molecular flexibility index (Phi) is 7.51. The number of hydrogen-bond acceptors (Lipinski definition) is 7. The molecule has 9 nitrogen and oxygen atoms in total. The summed E-state index contributed by atoms with van der Waals surface area (Å²) >= 11 is 1.50. The van der Waals surface area contributed by atoms with Crippen LogP contribution in [0.5, 0.6) is 5.75 Å². The maximum atomic E-state index is 12.7. The van der Waals surface area contributed by atoms with Crippen molar-refractivity contribution in [1.29, 1.82) is 0 Å². The van der Waals surface area contributed by atoms with E-state index >= 15 is 0 Å². The number of benzene rings is 1. The number of aromatic nitrogens is 4. The Morgan fingerprint density at radius 2 is 1.74 bits per heavy atom. The van der Waals surface area contributed by atoms with Gasteiger partial charge in [-0.2, -0.15) is 10.2 Å². The molecule has 4 aromatic rings. The molecule has 180 valence electrons. The van der Waals surface area contributed by atoms with Crippen LogP contribution in [0, 0.1) is 0 Å². The molecule has 0 saturated heterocycles. The van der Waals surface area contributed by atoms with Crippen molar-refractivity contribution >= 4 is 17.2 Å². The van der Waals surface area contributed by atoms with E-state index in [0.29, 0.717) is 18.0 Å². The third-order valence-electron chi connectivity index (χ3n) is 5.30. The molecule has 35 heavy (non-hydrogen) atoms. The van der Waals surface area contributed by atoms with E-state index in [-0.39, 0.29) is 30.1 Å². The Labute approximate surface area is 205 Å². The second-order valence-corrected chi connectivity index (χ2v) is 8.63. The van der Waals surface area contributed by atoms with Gasteiger partial charge in [0.25, 0.3) is 11.1 Å². The van der Waals surface area contributed by atoms with Crippen LogP contribution in [0.4, 0.5) is 0 Å². The SMILES string of the molecule is CCOc1ccc(-c2ccc(=O)n(CCNC(=O)C(C)n3nc(-c4cccs4)ccc3=O)n2)cc1. The van der Waals surface area contributed by atoms with Gasteiger partial charge >= 0.3 is 0 Å². The number of nitrogens with zero attached hydrogens (tertiary/aromatic N) is 4. The highest BCUT2D eigenvalue weighted by Crippen LogP contribution is 2.22. The Bertz CT molecular complexity index is 1410. The van der Waals surface area contributed by atoms with E-state index in [1.165, 1.54) is 32.8 Å². The van der Waals surface area contributed by atoms with Crippen LogP contribution in [-0.4, -0.2) is 38.6 Å². The monoisotopic (exact) mass is 491 g/mol.